The molecular weight excluding hydrogens is 548 g/mol. The minimum Gasteiger partial charge on any atom is -0.507 e. The third kappa shape index (κ3) is 4.54. The van der Waals surface area contributed by atoms with Crippen molar-refractivity contribution in [3.63, 3.8) is 0 Å². The number of carbonyl (C=O) groups excluding carboxylic acids is 3. The number of esters is 1. The molecule has 1 amide bonds. The first-order chi connectivity index (χ1) is 17.2. The van der Waals surface area contributed by atoms with Gasteiger partial charge in [0.2, 0.25) is 0 Å². The molecule has 1 aliphatic heterocycles. The summed E-state index contributed by atoms with van der Waals surface area (Å²) in [6, 6.07) is 11.1. The monoisotopic (exact) mass is 570 g/mol. The molecule has 0 saturated carbocycles. The van der Waals surface area contributed by atoms with Gasteiger partial charge in [0, 0.05) is 10.0 Å². The Morgan fingerprint density at radius 3 is 2.58 bits per heavy atom. The third-order valence-electron chi connectivity index (χ3n) is 5.73. The number of carbonyl (C=O) groups is 3. The molecule has 2 heterocycles. The molecule has 8 nitrogen and oxygen atoms in total. The first-order valence-electron chi connectivity index (χ1n) is 11.0. The number of halogens is 1. The van der Waals surface area contributed by atoms with Crippen molar-refractivity contribution in [3.05, 3.63) is 79.8 Å². The van der Waals surface area contributed by atoms with Gasteiger partial charge in [-0.05, 0) is 62.2 Å². The lowest BCUT2D eigenvalue weighted by Gasteiger charge is -2.23. The number of aliphatic hydroxyl groups is 1. The maximum absolute atomic E-state index is 13.4. The molecule has 1 saturated heterocycles. The first kappa shape index (κ1) is 25.6. The van der Waals surface area contributed by atoms with Crippen LogP contribution in [0.3, 0.4) is 0 Å². The highest BCUT2D eigenvalue weighted by Gasteiger charge is 2.48. The summed E-state index contributed by atoms with van der Waals surface area (Å²) in [7, 11) is 1.54. The quantitative estimate of drug-likeness (QED) is 0.184. The maximum Gasteiger partial charge on any atom is 0.350 e. The fraction of sp³-hybridized carbons (Fsp3) is 0.231. The molecule has 1 N–H and O–H groups in total. The highest BCUT2D eigenvalue weighted by molar-refractivity contribution is 9.10. The molecule has 1 aromatic heterocycles. The van der Waals surface area contributed by atoms with E-state index in [0.29, 0.717) is 22.6 Å². The number of anilines is 1. The number of methoxy groups -OCH3 is 1. The van der Waals surface area contributed by atoms with Crippen LogP contribution in [0.4, 0.5) is 5.13 Å². The van der Waals surface area contributed by atoms with E-state index in [1.807, 2.05) is 13.0 Å². The summed E-state index contributed by atoms with van der Waals surface area (Å²) in [4.78, 5) is 45.0. The van der Waals surface area contributed by atoms with Gasteiger partial charge in [-0.2, -0.15) is 0 Å². The van der Waals surface area contributed by atoms with Crippen LogP contribution in [0.2, 0.25) is 0 Å². The van der Waals surface area contributed by atoms with Gasteiger partial charge in [-0.3, -0.25) is 14.5 Å². The average Bonchev–Trinajstić information content (AvgIpc) is 3.35. The lowest BCUT2D eigenvalue weighted by Crippen LogP contribution is -2.29. The molecule has 0 radical (unpaired) electrons. The molecule has 10 heteroatoms. The molecule has 186 valence electrons. The normalized spacial score (nSPS) is 16.9. The third-order valence-corrected chi connectivity index (χ3v) is 7.36. The van der Waals surface area contributed by atoms with Crippen molar-refractivity contribution < 1.29 is 29.0 Å². The zero-order chi connectivity index (χ0) is 26.1. The molecule has 1 fully saturated rings. The number of aryl methyl sites for hydroxylation is 2. The zero-order valence-corrected chi connectivity index (χ0v) is 22.4. The number of hydrogen-bond acceptors (Lipinski definition) is 8. The van der Waals surface area contributed by atoms with E-state index in [-0.39, 0.29) is 27.9 Å². The van der Waals surface area contributed by atoms with Crippen LogP contribution in [-0.2, 0) is 14.3 Å². The number of Topliss-reactive ketones (excluding diaryl/α,β-unsaturated/α-hetero) is 1. The standard InChI is InChI=1S/C26H23BrN2O6S/c1-5-35-25(33)23-14(3)28-26(36-23)29-20(15-7-6-8-17(27)12-15)19(22(31)24(29)32)21(30)16-9-10-18(34-4)13(2)11-16/h6-12,20,30H,5H2,1-4H3/t20-/m1/s1. The number of nitrogens with zero attached hydrogens (tertiary/aromatic N) is 2. The average molecular weight is 571 g/mol. The van der Waals surface area contributed by atoms with Crippen LogP contribution in [0.25, 0.3) is 5.76 Å². The SMILES string of the molecule is CCOC(=O)c1sc(N2C(=O)C(=O)C(=C(O)c3ccc(OC)c(C)c3)[C@H]2c2cccc(Br)c2)nc1C. The van der Waals surface area contributed by atoms with E-state index >= 15 is 0 Å². The van der Waals surface area contributed by atoms with Crippen molar-refractivity contribution in [1.29, 1.82) is 0 Å². The number of thiazole rings is 1. The van der Waals surface area contributed by atoms with Crippen LogP contribution in [0.15, 0.2) is 52.5 Å². The van der Waals surface area contributed by atoms with E-state index < -0.39 is 23.7 Å². The molecule has 0 aliphatic carbocycles. The number of aliphatic hydroxyl groups excluding tert-OH is 1. The molecule has 2 aromatic carbocycles. The van der Waals surface area contributed by atoms with Gasteiger partial charge < -0.3 is 14.6 Å². The van der Waals surface area contributed by atoms with Crippen molar-refractivity contribution >= 4 is 55.8 Å². The Balaban J connectivity index is 1.92. The Hall–Kier alpha value is -3.50. The van der Waals surface area contributed by atoms with Gasteiger partial charge in [-0.1, -0.05) is 39.4 Å². The van der Waals surface area contributed by atoms with Crippen molar-refractivity contribution in [2.75, 3.05) is 18.6 Å². The molecule has 0 unspecified atom stereocenters. The highest BCUT2D eigenvalue weighted by atomic mass is 79.9. The predicted octanol–water partition coefficient (Wildman–Crippen LogP) is 5.33. The summed E-state index contributed by atoms with van der Waals surface area (Å²) in [5.74, 6) is -1.94. The fourth-order valence-electron chi connectivity index (χ4n) is 4.07. The fourth-order valence-corrected chi connectivity index (χ4v) is 5.48. The van der Waals surface area contributed by atoms with Crippen LogP contribution in [0, 0.1) is 13.8 Å². The van der Waals surface area contributed by atoms with Crippen molar-refractivity contribution in [3.8, 4) is 5.75 Å². The smallest absolute Gasteiger partial charge is 0.350 e. The second kappa shape index (κ2) is 10.2. The zero-order valence-electron chi connectivity index (χ0n) is 20.0. The molecular formula is C26H23BrN2O6S. The first-order valence-corrected chi connectivity index (χ1v) is 12.6. The minimum absolute atomic E-state index is 0.0757. The molecule has 0 spiro atoms. The number of ether oxygens (including phenoxy) is 2. The van der Waals surface area contributed by atoms with Crippen molar-refractivity contribution in [2.24, 2.45) is 0 Å². The van der Waals surface area contributed by atoms with E-state index in [9.17, 15) is 19.5 Å². The Kier molecular flexibility index (Phi) is 7.28. The van der Waals surface area contributed by atoms with Crippen LogP contribution >= 0.6 is 27.3 Å². The number of aromatic nitrogens is 1. The Bertz CT molecular complexity index is 1410. The lowest BCUT2D eigenvalue weighted by molar-refractivity contribution is -0.132. The summed E-state index contributed by atoms with van der Waals surface area (Å²) in [6.07, 6.45) is 0. The van der Waals surface area contributed by atoms with Gasteiger partial charge >= 0.3 is 11.9 Å². The summed E-state index contributed by atoms with van der Waals surface area (Å²) in [6.45, 7) is 5.34. The number of amides is 1. The second-order valence-electron chi connectivity index (χ2n) is 8.04. The van der Waals surface area contributed by atoms with E-state index in [0.717, 1.165) is 21.4 Å². The van der Waals surface area contributed by atoms with Crippen molar-refractivity contribution in [2.45, 2.75) is 26.8 Å². The highest BCUT2D eigenvalue weighted by Crippen LogP contribution is 2.44. The molecule has 4 rings (SSSR count). The largest absolute Gasteiger partial charge is 0.507 e. The number of ketones is 1. The molecule has 1 atom stereocenters. The summed E-state index contributed by atoms with van der Waals surface area (Å²) >= 11 is 4.40. The predicted molar refractivity (Wildman–Crippen MR) is 139 cm³/mol. The molecule has 3 aromatic rings. The number of rotatable bonds is 6. The van der Waals surface area contributed by atoms with Gasteiger partial charge in [0.05, 0.1) is 31.0 Å². The van der Waals surface area contributed by atoms with Crippen molar-refractivity contribution in [1.82, 2.24) is 4.98 Å². The number of benzene rings is 2. The van der Waals surface area contributed by atoms with E-state index in [1.165, 1.54) is 4.90 Å². The minimum atomic E-state index is -0.967. The topological polar surface area (TPSA) is 106 Å². The van der Waals surface area contributed by atoms with Crippen LogP contribution < -0.4 is 9.64 Å². The van der Waals surface area contributed by atoms with E-state index in [4.69, 9.17) is 9.47 Å². The maximum atomic E-state index is 13.4. The van der Waals surface area contributed by atoms with Crippen LogP contribution in [0.1, 0.15) is 45.0 Å². The Labute approximate surface area is 220 Å². The summed E-state index contributed by atoms with van der Waals surface area (Å²) < 4.78 is 11.1. The van der Waals surface area contributed by atoms with Gasteiger partial charge in [-0.15, -0.1) is 0 Å². The summed E-state index contributed by atoms with van der Waals surface area (Å²) in [5, 5.41) is 11.5. The second-order valence-corrected chi connectivity index (χ2v) is 9.93. The van der Waals surface area contributed by atoms with Gasteiger partial charge in [0.15, 0.2) is 5.13 Å². The van der Waals surface area contributed by atoms with E-state index in [1.54, 1.807) is 57.4 Å². The van der Waals surface area contributed by atoms with Crippen LogP contribution in [0.5, 0.6) is 5.75 Å². The van der Waals surface area contributed by atoms with Gasteiger partial charge in [-0.25, -0.2) is 9.78 Å². The Morgan fingerprint density at radius 1 is 1.19 bits per heavy atom. The molecule has 1 aliphatic rings. The Morgan fingerprint density at radius 2 is 1.94 bits per heavy atom. The molecule has 0 bridgehead atoms. The lowest BCUT2D eigenvalue weighted by atomic mass is 9.95. The van der Waals surface area contributed by atoms with Gasteiger partial charge in [0.1, 0.15) is 16.4 Å². The summed E-state index contributed by atoms with van der Waals surface area (Å²) in [5.41, 5.74) is 2.02. The van der Waals surface area contributed by atoms with E-state index in [2.05, 4.69) is 20.9 Å². The number of hydrogen-bond donors (Lipinski definition) is 1. The molecule has 36 heavy (non-hydrogen) atoms. The van der Waals surface area contributed by atoms with Gasteiger partial charge in [0.25, 0.3) is 5.78 Å². The van der Waals surface area contributed by atoms with Crippen LogP contribution in [-0.4, -0.2) is 41.5 Å².